The second kappa shape index (κ2) is 21.6. The Kier molecular flexibility index (Phi) is 18.3. The van der Waals surface area contributed by atoms with Crippen molar-refractivity contribution in [2.45, 2.75) is 87.5 Å². The van der Waals surface area contributed by atoms with Crippen LogP contribution in [0.4, 0.5) is 0 Å². The molecule has 3 rings (SSSR count). The molecule has 1 atom stereocenters. The van der Waals surface area contributed by atoms with Gasteiger partial charge in [-0.2, -0.15) is 0 Å². The Morgan fingerprint density at radius 3 is 2.17 bits per heavy atom. The zero-order chi connectivity index (χ0) is 34.7. The number of nitrogens with zero attached hydrogens (tertiary/aromatic N) is 3. The first-order valence-corrected chi connectivity index (χ1v) is 18.0. The van der Waals surface area contributed by atoms with Gasteiger partial charge in [0.1, 0.15) is 23.1 Å². The molecule has 0 aliphatic rings. The highest BCUT2D eigenvalue weighted by atomic mass is 35.5. The maximum Gasteiger partial charge on any atom is 0.127 e. The van der Waals surface area contributed by atoms with Crippen molar-refractivity contribution in [2.75, 3.05) is 32.1 Å². The fourth-order valence-electron chi connectivity index (χ4n) is 5.00. The summed E-state index contributed by atoms with van der Waals surface area (Å²) < 4.78 is 14.1. The van der Waals surface area contributed by atoms with E-state index in [0.29, 0.717) is 17.1 Å². The van der Waals surface area contributed by atoms with Gasteiger partial charge in [0.2, 0.25) is 0 Å². The van der Waals surface area contributed by atoms with Gasteiger partial charge in [-0.15, -0.1) is 11.6 Å². The zero-order valence-corrected chi connectivity index (χ0v) is 31.2. The smallest absolute Gasteiger partial charge is 0.127 e. The van der Waals surface area contributed by atoms with Crippen LogP contribution in [0.5, 0.6) is 11.5 Å². The molecule has 0 saturated heterocycles. The second-order valence-electron chi connectivity index (χ2n) is 12.9. The van der Waals surface area contributed by atoms with Crippen LogP contribution < -0.4 is 9.47 Å². The summed E-state index contributed by atoms with van der Waals surface area (Å²) in [4.78, 5) is 7.37. The highest BCUT2D eigenvalue weighted by Gasteiger charge is 2.18. The Labute approximate surface area is 291 Å². The Morgan fingerprint density at radius 1 is 0.979 bits per heavy atom. The number of halogens is 1. The highest BCUT2D eigenvalue weighted by molar-refractivity contribution is 6.18. The van der Waals surface area contributed by atoms with Gasteiger partial charge in [0, 0.05) is 36.3 Å². The minimum Gasteiger partial charge on any atom is -0.494 e. The van der Waals surface area contributed by atoms with Crippen LogP contribution in [0, 0.1) is 11.3 Å². The van der Waals surface area contributed by atoms with Crippen LogP contribution >= 0.6 is 11.6 Å². The predicted molar refractivity (Wildman–Crippen MR) is 203 cm³/mol. The second-order valence-corrected chi connectivity index (χ2v) is 13.2. The van der Waals surface area contributed by atoms with Crippen LogP contribution in [-0.2, 0) is 6.42 Å². The quantitative estimate of drug-likeness (QED) is 0.0588. The van der Waals surface area contributed by atoms with Crippen LogP contribution in [0.1, 0.15) is 86.9 Å². The number of hydrogen-bond acceptors (Lipinski definition) is 4. The minimum absolute atomic E-state index is 0.423. The topological polar surface area (TPSA) is 39.5 Å². The standard InChI is InChI=1S/C32H40ClN3O2.C9H20/c1-5-11-29(13-9-22-33)38-30-20-16-27(17-21-30)36-25-31(34-32(36)12-6-2)26-14-18-28(19-15-26)37-24-10-23-35(7-3)8-4;1-6-7-8(2)9(3,4)5/h5,9,11,13-21,25H,1,6-8,10,12,22-24H2,2-4H3;8H,6-7H2,1-5H3/b13-9-,29-11+;. The van der Waals surface area contributed by atoms with Gasteiger partial charge in [0.15, 0.2) is 0 Å². The van der Waals surface area contributed by atoms with Crippen molar-refractivity contribution in [3.63, 3.8) is 0 Å². The number of alkyl halides is 1. The summed E-state index contributed by atoms with van der Waals surface area (Å²) in [7, 11) is 0. The lowest BCUT2D eigenvalue weighted by Gasteiger charge is -2.26. The molecule has 3 aromatic rings. The van der Waals surface area contributed by atoms with Gasteiger partial charge in [-0.3, -0.25) is 0 Å². The number of aryl methyl sites for hydroxylation is 1. The van der Waals surface area contributed by atoms with Crippen LogP contribution in [0.15, 0.2) is 91.4 Å². The van der Waals surface area contributed by atoms with E-state index < -0.39 is 0 Å². The molecule has 2 aromatic carbocycles. The third-order valence-corrected chi connectivity index (χ3v) is 8.57. The monoisotopic (exact) mass is 661 g/mol. The van der Waals surface area contributed by atoms with E-state index in [4.69, 9.17) is 26.1 Å². The van der Waals surface area contributed by atoms with Gasteiger partial charge < -0.3 is 18.9 Å². The molecule has 1 aromatic heterocycles. The van der Waals surface area contributed by atoms with Gasteiger partial charge in [0.25, 0.3) is 0 Å². The minimum atomic E-state index is 0.423. The lowest BCUT2D eigenvalue weighted by molar-refractivity contribution is 0.245. The molecule has 1 unspecified atom stereocenters. The molecular formula is C41H60ClN3O2. The average Bonchev–Trinajstić information content (AvgIpc) is 3.48. The molecule has 0 N–H and O–H groups in total. The van der Waals surface area contributed by atoms with Crippen molar-refractivity contribution in [2.24, 2.45) is 11.3 Å². The van der Waals surface area contributed by atoms with Crippen LogP contribution in [0.25, 0.3) is 16.9 Å². The van der Waals surface area contributed by atoms with E-state index in [-0.39, 0.29) is 0 Å². The van der Waals surface area contributed by atoms with Gasteiger partial charge >= 0.3 is 0 Å². The molecule has 0 bridgehead atoms. The maximum atomic E-state index is 5.97. The van der Waals surface area contributed by atoms with Gasteiger partial charge in [-0.1, -0.05) is 87.0 Å². The van der Waals surface area contributed by atoms with E-state index in [1.54, 1.807) is 12.2 Å². The van der Waals surface area contributed by atoms with Gasteiger partial charge in [0.05, 0.1) is 12.3 Å². The number of imidazole rings is 1. The van der Waals surface area contributed by atoms with Gasteiger partial charge in [-0.05, 0) is 97.9 Å². The van der Waals surface area contributed by atoms with Crippen molar-refractivity contribution in [1.29, 1.82) is 0 Å². The molecule has 0 aliphatic heterocycles. The van der Waals surface area contributed by atoms with Gasteiger partial charge in [-0.25, -0.2) is 4.98 Å². The van der Waals surface area contributed by atoms with Crippen molar-refractivity contribution in [1.82, 2.24) is 14.5 Å². The van der Waals surface area contributed by atoms with Crippen molar-refractivity contribution in [3.8, 4) is 28.4 Å². The van der Waals surface area contributed by atoms with E-state index >= 15 is 0 Å². The number of benzene rings is 2. The first-order chi connectivity index (χ1) is 22.6. The average molecular weight is 662 g/mol. The summed E-state index contributed by atoms with van der Waals surface area (Å²) in [5, 5.41) is 0. The highest BCUT2D eigenvalue weighted by Crippen LogP contribution is 2.29. The fourth-order valence-corrected chi connectivity index (χ4v) is 5.09. The van der Waals surface area contributed by atoms with E-state index in [9.17, 15) is 0 Å². The number of aromatic nitrogens is 2. The van der Waals surface area contributed by atoms with E-state index in [0.717, 1.165) is 85.7 Å². The first kappa shape index (κ1) is 39.9. The molecule has 0 aliphatic carbocycles. The summed E-state index contributed by atoms with van der Waals surface area (Å²) in [5.41, 5.74) is 3.57. The molecule has 0 amide bonds. The van der Waals surface area contributed by atoms with Crippen molar-refractivity contribution in [3.05, 3.63) is 97.2 Å². The van der Waals surface area contributed by atoms with Crippen LogP contribution in [0.2, 0.25) is 0 Å². The number of rotatable bonds is 18. The molecular weight excluding hydrogens is 602 g/mol. The molecule has 6 heteroatoms. The third kappa shape index (κ3) is 14.2. The molecule has 0 saturated carbocycles. The molecule has 258 valence electrons. The normalized spacial score (nSPS) is 12.6. The molecule has 0 radical (unpaired) electrons. The third-order valence-electron chi connectivity index (χ3n) is 8.39. The zero-order valence-electron chi connectivity index (χ0n) is 30.4. The molecule has 1 heterocycles. The summed E-state index contributed by atoms with van der Waals surface area (Å²) in [6.45, 7) is 25.8. The Bertz CT molecular complexity index is 1350. The van der Waals surface area contributed by atoms with Crippen molar-refractivity contribution < 1.29 is 9.47 Å². The van der Waals surface area contributed by atoms with E-state index in [1.165, 1.54) is 12.8 Å². The Morgan fingerprint density at radius 2 is 1.64 bits per heavy atom. The van der Waals surface area contributed by atoms with Crippen molar-refractivity contribution >= 4 is 11.6 Å². The largest absolute Gasteiger partial charge is 0.494 e. The number of allylic oxidation sites excluding steroid dienone is 4. The lowest BCUT2D eigenvalue weighted by Crippen LogP contribution is -2.25. The summed E-state index contributed by atoms with van der Waals surface area (Å²) in [6, 6.07) is 16.2. The van der Waals surface area contributed by atoms with Crippen LogP contribution in [-0.4, -0.2) is 46.6 Å². The fraction of sp³-hybridized carbons (Fsp3) is 0.488. The molecule has 0 fully saturated rings. The number of hydrogen-bond donors (Lipinski definition) is 0. The predicted octanol–water partition coefficient (Wildman–Crippen LogP) is 11.3. The molecule has 0 spiro atoms. The molecule has 47 heavy (non-hydrogen) atoms. The maximum absolute atomic E-state index is 5.97. The van der Waals surface area contributed by atoms with Crippen LogP contribution in [0.3, 0.4) is 0 Å². The summed E-state index contributed by atoms with van der Waals surface area (Å²) in [5.74, 6) is 4.63. The Balaban J connectivity index is 0.000000745. The SMILES string of the molecule is C=C/C=C(\C=C/CCl)Oc1ccc(-n2cc(-c3ccc(OCCCN(CC)CC)cc3)nc2CCC)cc1.CCCC(C)C(C)(C)C. The van der Waals surface area contributed by atoms with E-state index in [1.807, 2.05) is 48.6 Å². The summed E-state index contributed by atoms with van der Waals surface area (Å²) >= 11 is 5.76. The number of ether oxygens (including phenoxy) is 2. The van der Waals surface area contributed by atoms with E-state index in [2.05, 4.69) is 89.8 Å². The first-order valence-electron chi connectivity index (χ1n) is 17.5. The molecule has 5 nitrogen and oxygen atoms in total. The summed E-state index contributed by atoms with van der Waals surface area (Å²) in [6.07, 6.45) is 14.9. The Hall–Kier alpha value is -3.28. The lowest BCUT2D eigenvalue weighted by atomic mass is 9.80.